The van der Waals surface area contributed by atoms with Gasteiger partial charge in [0.2, 0.25) is 0 Å². The zero-order valence-electron chi connectivity index (χ0n) is 14.3. The summed E-state index contributed by atoms with van der Waals surface area (Å²) in [5, 5.41) is 3.94. The number of nitrogens with one attached hydrogen (secondary N) is 1. The molecule has 7 heteroatoms. The molecule has 0 atom stereocenters. The number of hydrazone groups is 1. The monoisotopic (exact) mass is 360 g/mol. The number of carbonyl (C=O) groups excluding carboxylic acids is 1. The molecule has 1 N–H and O–H groups in total. The van der Waals surface area contributed by atoms with Crippen LogP contribution in [0.25, 0.3) is 0 Å². The molecule has 0 radical (unpaired) electrons. The average molecular weight is 360 g/mol. The van der Waals surface area contributed by atoms with E-state index in [0.717, 1.165) is 5.56 Å². The third-order valence-electron chi connectivity index (χ3n) is 3.48. The SMILES string of the molecule is CCOC(=O)c1ccc(/C(C)=N/NS(=O)(=O)c2ccc(C)cc2)cc1. The van der Waals surface area contributed by atoms with E-state index in [9.17, 15) is 13.2 Å². The van der Waals surface area contributed by atoms with Gasteiger partial charge in [0.1, 0.15) is 0 Å². The van der Waals surface area contributed by atoms with Crippen LogP contribution < -0.4 is 4.83 Å². The third kappa shape index (κ3) is 4.90. The Morgan fingerprint density at radius 2 is 1.60 bits per heavy atom. The van der Waals surface area contributed by atoms with Gasteiger partial charge in [-0.1, -0.05) is 29.8 Å². The van der Waals surface area contributed by atoms with Gasteiger partial charge in [-0.3, -0.25) is 0 Å². The van der Waals surface area contributed by atoms with E-state index >= 15 is 0 Å². The lowest BCUT2D eigenvalue weighted by molar-refractivity contribution is 0.0526. The molecule has 2 aromatic rings. The topological polar surface area (TPSA) is 84.8 Å². The molecule has 0 saturated heterocycles. The lowest BCUT2D eigenvalue weighted by Crippen LogP contribution is -2.20. The van der Waals surface area contributed by atoms with Gasteiger partial charge in [0.25, 0.3) is 10.0 Å². The zero-order valence-corrected chi connectivity index (χ0v) is 15.1. The van der Waals surface area contributed by atoms with Crippen LogP contribution in [0.15, 0.2) is 58.5 Å². The fourth-order valence-corrected chi connectivity index (χ4v) is 2.88. The molecular formula is C18H20N2O4S. The molecule has 2 rings (SSSR count). The van der Waals surface area contributed by atoms with Crippen molar-refractivity contribution in [3.63, 3.8) is 0 Å². The van der Waals surface area contributed by atoms with Gasteiger partial charge in [0, 0.05) is 0 Å². The number of esters is 1. The van der Waals surface area contributed by atoms with E-state index in [-0.39, 0.29) is 4.90 Å². The lowest BCUT2D eigenvalue weighted by Gasteiger charge is -2.06. The van der Waals surface area contributed by atoms with Crippen LogP contribution in [0.5, 0.6) is 0 Å². The van der Waals surface area contributed by atoms with Crippen molar-refractivity contribution in [2.75, 3.05) is 6.61 Å². The molecule has 2 aromatic carbocycles. The molecule has 0 aliphatic rings. The number of hydrogen-bond acceptors (Lipinski definition) is 5. The summed E-state index contributed by atoms with van der Waals surface area (Å²) in [4.78, 5) is 14.0. The van der Waals surface area contributed by atoms with E-state index in [1.165, 1.54) is 12.1 Å². The van der Waals surface area contributed by atoms with Crippen molar-refractivity contribution >= 4 is 21.7 Å². The third-order valence-corrected chi connectivity index (χ3v) is 4.70. The summed E-state index contributed by atoms with van der Waals surface area (Å²) >= 11 is 0. The Hall–Kier alpha value is -2.67. The molecule has 25 heavy (non-hydrogen) atoms. The van der Waals surface area contributed by atoms with Crippen LogP contribution in [0.3, 0.4) is 0 Å². The fraction of sp³-hybridized carbons (Fsp3) is 0.222. The van der Waals surface area contributed by atoms with Gasteiger partial charge < -0.3 is 4.74 Å². The van der Waals surface area contributed by atoms with Gasteiger partial charge in [-0.05, 0) is 50.6 Å². The highest BCUT2D eigenvalue weighted by molar-refractivity contribution is 7.89. The largest absolute Gasteiger partial charge is 0.462 e. The predicted molar refractivity (Wildman–Crippen MR) is 96.1 cm³/mol. The highest BCUT2D eigenvalue weighted by Crippen LogP contribution is 2.11. The van der Waals surface area contributed by atoms with Crippen molar-refractivity contribution in [2.45, 2.75) is 25.7 Å². The molecular weight excluding hydrogens is 340 g/mol. The van der Waals surface area contributed by atoms with Crippen LogP contribution in [-0.2, 0) is 14.8 Å². The van der Waals surface area contributed by atoms with Gasteiger partial charge in [-0.25, -0.2) is 4.79 Å². The second kappa shape index (κ2) is 7.94. The maximum atomic E-state index is 12.2. The molecule has 0 bridgehead atoms. The van der Waals surface area contributed by atoms with Gasteiger partial charge >= 0.3 is 5.97 Å². The highest BCUT2D eigenvalue weighted by atomic mass is 32.2. The molecule has 0 fully saturated rings. The summed E-state index contributed by atoms with van der Waals surface area (Å²) in [6, 6.07) is 13.1. The van der Waals surface area contributed by atoms with Gasteiger partial charge in [-0.2, -0.15) is 18.4 Å². The first-order chi connectivity index (χ1) is 11.8. The molecule has 0 saturated carbocycles. The maximum Gasteiger partial charge on any atom is 0.338 e. The number of nitrogens with zero attached hydrogens (tertiary/aromatic N) is 1. The predicted octanol–water partition coefficient (Wildman–Crippen LogP) is 2.87. The minimum atomic E-state index is -3.72. The van der Waals surface area contributed by atoms with Crippen LogP contribution in [0.1, 0.15) is 35.3 Å². The summed E-state index contributed by atoms with van der Waals surface area (Å²) in [5.41, 5.74) is 2.57. The summed E-state index contributed by atoms with van der Waals surface area (Å²) in [6.07, 6.45) is 0. The van der Waals surface area contributed by atoms with E-state index in [4.69, 9.17) is 4.74 Å². The highest BCUT2D eigenvalue weighted by Gasteiger charge is 2.13. The van der Waals surface area contributed by atoms with Crippen LogP contribution >= 0.6 is 0 Å². The van der Waals surface area contributed by atoms with Crippen molar-refractivity contribution in [1.82, 2.24) is 4.83 Å². The van der Waals surface area contributed by atoms with Crippen molar-refractivity contribution in [3.05, 3.63) is 65.2 Å². The minimum absolute atomic E-state index is 0.146. The fourth-order valence-electron chi connectivity index (χ4n) is 2.03. The minimum Gasteiger partial charge on any atom is -0.462 e. The van der Waals surface area contributed by atoms with Crippen molar-refractivity contribution in [3.8, 4) is 0 Å². The normalized spacial score (nSPS) is 11.9. The molecule has 0 aromatic heterocycles. The summed E-state index contributed by atoms with van der Waals surface area (Å²) < 4.78 is 29.3. The molecule has 6 nitrogen and oxygen atoms in total. The van der Waals surface area contributed by atoms with E-state index in [1.54, 1.807) is 50.2 Å². The first-order valence-electron chi connectivity index (χ1n) is 7.74. The number of ether oxygens (including phenoxy) is 1. The van der Waals surface area contributed by atoms with Gasteiger partial charge in [0.05, 0.1) is 22.8 Å². The molecule has 0 unspecified atom stereocenters. The summed E-state index contributed by atoms with van der Waals surface area (Å²) in [7, 11) is -3.72. The van der Waals surface area contributed by atoms with Crippen LogP contribution in [-0.4, -0.2) is 26.7 Å². The number of sulfonamides is 1. The van der Waals surface area contributed by atoms with Crippen molar-refractivity contribution in [2.24, 2.45) is 5.10 Å². The Labute approximate surface area is 147 Å². The smallest absolute Gasteiger partial charge is 0.338 e. The van der Waals surface area contributed by atoms with Crippen LogP contribution in [0, 0.1) is 6.92 Å². The Morgan fingerprint density at radius 3 is 2.16 bits per heavy atom. The average Bonchev–Trinajstić information content (AvgIpc) is 2.60. The van der Waals surface area contributed by atoms with Crippen LogP contribution in [0.4, 0.5) is 0 Å². The molecule has 0 spiro atoms. The summed E-state index contributed by atoms with van der Waals surface area (Å²) in [5.74, 6) is -0.399. The number of rotatable bonds is 6. The first kappa shape index (κ1) is 18.7. The second-order valence-electron chi connectivity index (χ2n) is 5.40. The van der Waals surface area contributed by atoms with Gasteiger partial charge in [0.15, 0.2) is 0 Å². The molecule has 0 amide bonds. The number of aryl methyl sites for hydroxylation is 1. The zero-order chi connectivity index (χ0) is 18.4. The standard InChI is InChI=1S/C18H20N2O4S/c1-4-24-18(21)16-9-7-15(8-10-16)14(3)19-20-25(22,23)17-11-5-13(2)6-12-17/h5-12,20H,4H2,1-3H3/b19-14+. The molecule has 0 heterocycles. The van der Waals surface area contributed by atoms with E-state index in [2.05, 4.69) is 9.93 Å². The van der Waals surface area contributed by atoms with Crippen molar-refractivity contribution < 1.29 is 17.9 Å². The van der Waals surface area contributed by atoms with Crippen molar-refractivity contribution in [1.29, 1.82) is 0 Å². The Balaban J connectivity index is 2.13. The Morgan fingerprint density at radius 1 is 1.04 bits per heavy atom. The van der Waals surface area contributed by atoms with E-state index < -0.39 is 16.0 Å². The van der Waals surface area contributed by atoms with E-state index in [1.807, 2.05) is 6.92 Å². The molecule has 0 aliphatic carbocycles. The number of benzene rings is 2. The molecule has 0 aliphatic heterocycles. The van der Waals surface area contributed by atoms with Crippen LogP contribution in [0.2, 0.25) is 0 Å². The maximum absolute atomic E-state index is 12.2. The first-order valence-corrected chi connectivity index (χ1v) is 9.22. The number of carbonyl (C=O) groups is 1. The Kier molecular flexibility index (Phi) is 5.93. The Bertz CT molecular complexity index is 870. The van der Waals surface area contributed by atoms with Gasteiger partial charge in [-0.15, -0.1) is 0 Å². The summed E-state index contributed by atoms with van der Waals surface area (Å²) in [6.45, 7) is 5.61. The number of hydrogen-bond donors (Lipinski definition) is 1. The molecule has 132 valence electrons. The van der Waals surface area contributed by atoms with E-state index in [0.29, 0.717) is 23.4 Å². The second-order valence-corrected chi connectivity index (χ2v) is 7.06. The lowest BCUT2D eigenvalue weighted by atomic mass is 10.1. The quantitative estimate of drug-likeness (QED) is 0.488.